The first-order chi connectivity index (χ1) is 8.92. The quantitative estimate of drug-likeness (QED) is 0.794. The van der Waals surface area contributed by atoms with Gasteiger partial charge in [0.05, 0.1) is 6.42 Å². The smallest absolute Gasteiger partial charge is 0.224 e. The van der Waals surface area contributed by atoms with Crippen molar-refractivity contribution < 1.29 is 13.6 Å². The molecule has 0 aromatic heterocycles. The summed E-state index contributed by atoms with van der Waals surface area (Å²) in [4.78, 5) is 11.8. The number of alkyl halides is 1. The molecule has 1 amide bonds. The summed E-state index contributed by atoms with van der Waals surface area (Å²) in [5, 5.41) is 3.55. The van der Waals surface area contributed by atoms with E-state index in [1.165, 1.54) is 6.07 Å². The van der Waals surface area contributed by atoms with Gasteiger partial charge in [0.15, 0.2) is 11.6 Å². The average Bonchev–Trinajstić information content (AvgIpc) is 2.32. The van der Waals surface area contributed by atoms with Gasteiger partial charge < -0.3 is 5.32 Å². The second kappa shape index (κ2) is 7.58. The minimum atomic E-state index is -0.926. The SMILES string of the molecule is CC(C)CC(CBr)NC(=O)Cc1ccc(F)c(F)c1. The van der Waals surface area contributed by atoms with Gasteiger partial charge in [-0.1, -0.05) is 35.8 Å². The molecule has 5 heteroatoms. The molecule has 1 aromatic rings. The molecule has 1 rings (SSSR count). The lowest BCUT2D eigenvalue weighted by Gasteiger charge is -2.18. The number of rotatable bonds is 6. The first kappa shape index (κ1) is 16.1. The van der Waals surface area contributed by atoms with Crippen LogP contribution in [0.2, 0.25) is 0 Å². The molecule has 1 N–H and O–H groups in total. The van der Waals surface area contributed by atoms with E-state index in [0.717, 1.165) is 18.6 Å². The number of benzene rings is 1. The van der Waals surface area contributed by atoms with Gasteiger partial charge in [0.2, 0.25) is 5.91 Å². The molecule has 1 atom stereocenters. The van der Waals surface area contributed by atoms with Crippen molar-refractivity contribution in [2.75, 3.05) is 5.33 Å². The van der Waals surface area contributed by atoms with Crippen LogP contribution in [0.1, 0.15) is 25.8 Å². The summed E-state index contributed by atoms with van der Waals surface area (Å²) in [7, 11) is 0. The number of carbonyl (C=O) groups excluding carboxylic acids is 1. The van der Waals surface area contributed by atoms with E-state index in [0.29, 0.717) is 16.8 Å². The molecule has 0 radical (unpaired) electrons. The number of carbonyl (C=O) groups is 1. The lowest BCUT2D eigenvalue weighted by atomic mass is 10.0. The van der Waals surface area contributed by atoms with Crippen LogP contribution in [0.4, 0.5) is 8.78 Å². The van der Waals surface area contributed by atoms with Crippen LogP contribution in [0.15, 0.2) is 18.2 Å². The Morgan fingerprint density at radius 1 is 1.32 bits per heavy atom. The van der Waals surface area contributed by atoms with Crippen LogP contribution in [0.3, 0.4) is 0 Å². The van der Waals surface area contributed by atoms with Gasteiger partial charge in [-0.05, 0) is 30.0 Å². The summed E-state index contributed by atoms with van der Waals surface area (Å²) >= 11 is 3.36. The second-order valence-corrected chi connectivity index (χ2v) is 5.62. The van der Waals surface area contributed by atoms with E-state index in [-0.39, 0.29) is 18.4 Å². The van der Waals surface area contributed by atoms with Crippen LogP contribution in [0.25, 0.3) is 0 Å². The number of halogens is 3. The zero-order valence-electron chi connectivity index (χ0n) is 11.1. The number of amides is 1. The van der Waals surface area contributed by atoms with Crippen LogP contribution in [-0.2, 0) is 11.2 Å². The molecule has 2 nitrogen and oxygen atoms in total. The molecule has 1 unspecified atom stereocenters. The Kier molecular flexibility index (Phi) is 6.42. The van der Waals surface area contributed by atoms with E-state index in [4.69, 9.17) is 0 Å². The predicted molar refractivity (Wildman–Crippen MR) is 75.2 cm³/mol. The maximum Gasteiger partial charge on any atom is 0.224 e. The normalized spacial score (nSPS) is 12.5. The van der Waals surface area contributed by atoms with E-state index < -0.39 is 11.6 Å². The Hall–Kier alpha value is -0.970. The Morgan fingerprint density at radius 3 is 2.53 bits per heavy atom. The largest absolute Gasteiger partial charge is 0.352 e. The van der Waals surface area contributed by atoms with Gasteiger partial charge in [-0.2, -0.15) is 0 Å². The lowest BCUT2D eigenvalue weighted by molar-refractivity contribution is -0.121. The zero-order valence-corrected chi connectivity index (χ0v) is 12.6. The number of hydrogen-bond acceptors (Lipinski definition) is 1. The van der Waals surface area contributed by atoms with Crippen LogP contribution in [0.5, 0.6) is 0 Å². The lowest BCUT2D eigenvalue weighted by Crippen LogP contribution is -2.37. The van der Waals surface area contributed by atoms with Crippen molar-refractivity contribution in [2.45, 2.75) is 32.7 Å². The highest BCUT2D eigenvalue weighted by Gasteiger charge is 2.13. The van der Waals surface area contributed by atoms with Gasteiger partial charge in [-0.25, -0.2) is 8.78 Å². The summed E-state index contributed by atoms with van der Waals surface area (Å²) in [6.45, 7) is 4.16. The minimum Gasteiger partial charge on any atom is -0.352 e. The van der Waals surface area contributed by atoms with Crippen molar-refractivity contribution in [1.29, 1.82) is 0 Å². The van der Waals surface area contributed by atoms with Crippen molar-refractivity contribution >= 4 is 21.8 Å². The van der Waals surface area contributed by atoms with E-state index in [1.807, 2.05) is 0 Å². The Bertz CT molecular complexity index is 437. The topological polar surface area (TPSA) is 29.1 Å². The van der Waals surface area contributed by atoms with Crippen molar-refractivity contribution in [3.63, 3.8) is 0 Å². The van der Waals surface area contributed by atoms with E-state index in [9.17, 15) is 13.6 Å². The molecular weight excluding hydrogens is 316 g/mol. The van der Waals surface area contributed by atoms with Gasteiger partial charge in [-0.3, -0.25) is 4.79 Å². The average molecular weight is 334 g/mol. The third kappa shape index (κ3) is 5.68. The van der Waals surface area contributed by atoms with Gasteiger partial charge in [0.25, 0.3) is 0 Å². The summed E-state index contributed by atoms with van der Waals surface area (Å²) in [5.74, 6) is -1.53. The van der Waals surface area contributed by atoms with Crippen molar-refractivity contribution in [1.82, 2.24) is 5.32 Å². The molecule has 0 saturated carbocycles. The second-order valence-electron chi connectivity index (χ2n) is 4.97. The van der Waals surface area contributed by atoms with Crippen LogP contribution < -0.4 is 5.32 Å². The molecule has 0 aliphatic carbocycles. The molecule has 0 aliphatic heterocycles. The number of nitrogens with one attached hydrogen (secondary N) is 1. The molecule has 0 saturated heterocycles. The van der Waals surface area contributed by atoms with Gasteiger partial charge in [0.1, 0.15) is 0 Å². The maximum atomic E-state index is 13.0. The summed E-state index contributed by atoms with van der Waals surface area (Å²) in [6, 6.07) is 3.57. The van der Waals surface area contributed by atoms with Gasteiger partial charge in [-0.15, -0.1) is 0 Å². The molecule has 0 bridgehead atoms. The molecule has 0 heterocycles. The Balaban J connectivity index is 2.56. The molecule has 0 aliphatic rings. The summed E-state index contributed by atoms with van der Waals surface area (Å²) in [6.07, 6.45) is 0.924. The zero-order chi connectivity index (χ0) is 14.4. The first-order valence-corrected chi connectivity index (χ1v) is 7.33. The monoisotopic (exact) mass is 333 g/mol. The number of hydrogen-bond donors (Lipinski definition) is 1. The van der Waals surface area contributed by atoms with Crippen molar-refractivity contribution in [3.05, 3.63) is 35.4 Å². The molecular formula is C14H18BrF2NO. The summed E-state index contributed by atoms with van der Waals surface area (Å²) in [5.41, 5.74) is 0.467. The molecule has 19 heavy (non-hydrogen) atoms. The van der Waals surface area contributed by atoms with Gasteiger partial charge >= 0.3 is 0 Å². The molecule has 0 spiro atoms. The molecule has 106 valence electrons. The maximum absolute atomic E-state index is 13.0. The van der Waals surface area contributed by atoms with Crippen LogP contribution >= 0.6 is 15.9 Å². The highest BCUT2D eigenvalue weighted by atomic mass is 79.9. The van der Waals surface area contributed by atoms with Crippen molar-refractivity contribution in [3.8, 4) is 0 Å². The predicted octanol–water partition coefficient (Wildman–Crippen LogP) is 3.43. The fraction of sp³-hybridized carbons (Fsp3) is 0.500. The highest BCUT2D eigenvalue weighted by Crippen LogP contribution is 2.10. The fourth-order valence-corrected chi connectivity index (χ4v) is 2.27. The minimum absolute atomic E-state index is 0.0535. The van der Waals surface area contributed by atoms with E-state index in [1.54, 1.807) is 0 Å². The highest BCUT2D eigenvalue weighted by molar-refractivity contribution is 9.09. The van der Waals surface area contributed by atoms with Crippen LogP contribution in [-0.4, -0.2) is 17.3 Å². The van der Waals surface area contributed by atoms with E-state index in [2.05, 4.69) is 35.1 Å². The molecule has 1 aromatic carbocycles. The Morgan fingerprint density at radius 2 is 2.00 bits per heavy atom. The third-order valence-corrected chi connectivity index (χ3v) is 3.44. The summed E-state index contributed by atoms with van der Waals surface area (Å²) < 4.78 is 25.8. The van der Waals surface area contributed by atoms with Crippen LogP contribution in [0, 0.1) is 17.6 Å². The molecule has 0 fully saturated rings. The van der Waals surface area contributed by atoms with E-state index >= 15 is 0 Å². The third-order valence-electron chi connectivity index (χ3n) is 2.66. The van der Waals surface area contributed by atoms with Crippen molar-refractivity contribution in [2.24, 2.45) is 5.92 Å². The first-order valence-electron chi connectivity index (χ1n) is 6.21. The standard InChI is InChI=1S/C14H18BrF2NO/c1-9(2)5-11(8-15)18-14(19)7-10-3-4-12(16)13(17)6-10/h3-4,6,9,11H,5,7-8H2,1-2H3,(H,18,19). The fourth-order valence-electron chi connectivity index (χ4n) is 1.84. The Labute approximate surface area is 120 Å². The van der Waals surface area contributed by atoms with Gasteiger partial charge in [0, 0.05) is 11.4 Å².